The molecule has 2 heterocycles. The molecular weight excluding hydrogens is 134 g/mol. The summed E-state index contributed by atoms with van der Waals surface area (Å²) in [7, 11) is 0. The Morgan fingerprint density at radius 2 is 2.27 bits per heavy atom. The highest BCUT2D eigenvalue weighted by Gasteiger charge is 2.10. The molecule has 1 heteroatoms. The molecule has 0 radical (unpaired) electrons. The third-order valence-electron chi connectivity index (χ3n) is 2.59. The first-order chi connectivity index (χ1) is 5.42. The highest BCUT2D eigenvalue weighted by molar-refractivity contribution is 5.17. The Morgan fingerprint density at radius 1 is 1.36 bits per heavy atom. The molecule has 1 aliphatic rings. The number of hydrogen-bond acceptors (Lipinski definition) is 0. The molecule has 2 rings (SSSR count). The topological polar surface area (TPSA) is 4.93 Å². The van der Waals surface area contributed by atoms with Crippen molar-refractivity contribution >= 4 is 0 Å². The molecule has 1 aromatic heterocycles. The van der Waals surface area contributed by atoms with E-state index in [1.165, 1.54) is 37.9 Å². The fraction of sp³-hybridized carbons (Fsp3) is 0.600. The molecule has 0 spiro atoms. The van der Waals surface area contributed by atoms with Gasteiger partial charge < -0.3 is 4.57 Å². The van der Waals surface area contributed by atoms with Crippen molar-refractivity contribution in [2.75, 3.05) is 0 Å². The summed E-state index contributed by atoms with van der Waals surface area (Å²) in [4.78, 5) is 0. The van der Waals surface area contributed by atoms with Gasteiger partial charge in [0.1, 0.15) is 0 Å². The third kappa shape index (κ3) is 1.09. The molecule has 1 nitrogen and oxygen atoms in total. The maximum absolute atomic E-state index is 2.49. The molecule has 0 amide bonds. The molecule has 0 unspecified atom stereocenters. The molecule has 0 atom stereocenters. The van der Waals surface area contributed by atoms with Crippen LogP contribution in [0.5, 0.6) is 0 Å². The summed E-state index contributed by atoms with van der Waals surface area (Å²) in [6.07, 6.45) is 5.22. The first kappa shape index (κ1) is 6.96. The molecule has 11 heavy (non-hydrogen) atoms. The van der Waals surface area contributed by atoms with E-state index in [1.54, 1.807) is 5.69 Å². The van der Waals surface area contributed by atoms with Gasteiger partial charge in [0.2, 0.25) is 0 Å². The fourth-order valence-corrected chi connectivity index (χ4v) is 1.95. The van der Waals surface area contributed by atoms with Crippen LogP contribution in [0.15, 0.2) is 12.1 Å². The van der Waals surface area contributed by atoms with Gasteiger partial charge in [0.15, 0.2) is 0 Å². The van der Waals surface area contributed by atoms with Crippen molar-refractivity contribution in [3.8, 4) is 0 Å². The average molecular weight is 149 g/mol. The van der Waals surface area contributed by atoms with E-state index < -0.39 is 0 Å². The lowest BCUT2D eigenvalue weighted by Gasteiger charge is -2.17. The van der Waals surface area contributed by atoms with Gasteiger partial charge in [-0.25, -0.2) is 0 Å². The molecule has 0 aromatic carbocycles. The number of hydrogen-bond donors (Lipinski definition) is 0. The van der Waals surface area contributed by atoms with Gasteiger partial charge in [0, 0.05) is 17.9 Å². The van der Waals surface area contributed by atoms with Crippen molar-refractivity contribution in [1.29, 1.82) is 0 Å². The second-order valence-electron chi connectivity index (χ2n) is 3.28. The van der Waals surface area contributed by atoms with E-state index in [0.717, 1.165) is 0 Å². The second-order valence-corrected chi connectivity index (χ2v) is 3.28. The molecular formula is C10H15N. The van der Waals surface area contributed by atoms with E-state index in [0.29, 0.717) is 0 Å². The van der Waals surface area contributed by atoms with E-state index in [2.05, 4.69) is 23.6 Å². The van der Waals surface area contributed by atoms with E-state index in [4.69, 9.17) is 0 Å². The molecule has 1 aliphatic heterocycles. The Labute approximate surface area is 68.0 Å². The summed E-state index contributed by atoms with van der Waals surface area (Å²) in [5, 5.41) is 0. The standard InChI is InChI=1S/C10H15N/c1-2-9-6-7-10-5-3-4-8-11(9)10/h6-7H,2-5,8H2,1H3. The minimum absolute atomic E-state index is 1.18. The van der Waals surface area contributed by atoms with Crippen LogP contribution >= 0.6 is 0 Å². The molecule has 0 saturated heterocycles. The smallest absolute Gasteiger partial charge is 0.0225 e. The molecule has 60 valence electrons. The SMILES string of the molecule is CCc1ccc2n1CCCC2. The summed E-state index contributed by atoms with van der Waals surface area (Å²) >= 11 is 0. The Bertz CT molecular complexity index is 234. The normalized spacial score (nSPS) is 16.5. The quantitative estimate of drug-likeness (QED) is 0.577. The number of aryl methyl sites for hydroxylation is 2. The fourth-order valence-electron chi connectivity index (χ4n) is 1.95. The zero-order valence-corrected chi connectivity index (χ0v) is 7.14. The molecule has 0 aliphatic carbocycles. The number of fused-ring (bicyclic) bond motifs is 1. The third-order valence-corrected chi connectivity index (χ3v) is 2.59. The largest absolute Gasteiger partial charge is 0.349 e. The molecule has 0 saturated carbocycles. The summed E-state index contributed by atoms with van der Waals surface area (Å²) in [6.45, 7) is 3.49. The van der Waals surface area contributed by atoms with Crippen LogP contribution in [0.1, 0.15) is 31.2 Å². The van der Waals surface area contributed by atoms with Gasteiger partial charge in [-0.1, -0.05) is 6.92 Å². The summed E-state index contributed by atoms with van der Waals surface area (Å²) in [5.74, 6) is 0. The monoisotopic (exact) mass is 149 g/mol. The maximum atomic E-state index is 2.49. The van der Waals surface area contributed by atoms with Crippen LogP contribution in [-0.2, 0) is 19.4 Å². The Balaban J connectivity index is 2.38. The lowest BCUT2D eigenvalue weighted by molar-refractivity contribution is 0.519. The first-order valence-electron chi connectivity index (χ1n) is 4.59. The molecule has 0 fully saturated rings. The summed E-state index contributed by atoms with van der Waals surface area (Å²) in [5.41, 5.74) is 3.06. The van der Waals surface area contributed by atoms with Crippen molar-refractivity contribution < 1.29 is 0 Å². The van der Waals surface area contributed by atoms with Gasteiger partial charge in [0.05, 0.1) is 0 Å². The lowest BCUT2D eigenvalue weighted by atomic mass is 10.1. The number of nitrogens with zero attached hydrogens (tertiary/aromatic N) is 1. The van der Waals surface area contributed by atoms with Gasteiger partial charge in [-0.3, -0.25) is 0 Å². The Hall–Kier alpha value is -0.720. The minimum Gasteiger partial charge on any atom is -0.349 e. The maximum Gasteiger partial charge on any atom is 0.0225 e. The van der Waals surface area contributed by atoms with Gasteiger partial charge in [0.25, 0.3) is 0 Å². The van der Waals surface area contributed by atoms with Crippen molar-refractivity contribution in [3.63, 3.8) is 0 Å². The Kier molecular flexibility index (Phi) is 1.72. The second kappa shape index (κ2) is 2.72. The average Bonchev–Trinajstić information content (AvgIpc) is 2.47. The van der Waals surface area contributed by atoms with Crippen LogP contribution in [0.25, 0.3) is 0 Å². The minimum atomic E-state index is 1.18. The van der Waals surface area contributed by atoms with E-state index in [1.807, 2.05) is 0 Å². The lowest BCUT2D eigenvalue weighted by Crippen LogP contribution is -2.11. The van der Waals surface area contributed by atoms with Crippen LogP contribution in [0.3, 0.4) is 0 Å². The van der Waals surface area contributed by atoms with Gasteiger partial charge in [-0.15, -0.1) is 0 Å². The van der Waals surface area contributed by atoms with Crippen LogP contribution in [0, 0.1) is 0 Å². The highest BCUT2D eigenvalue weighted by atomic mass is 15.0. The Morgan fingerprint density at radius 3 is 3.09 bits per heavy atom. The van der Waals surface area contributed by atoms with Crippen molar-refractivity contribution in [3.05, 3.63) is 23.5 Å². The van der Waals surface area contributed by atoms with Crippen LogP contribution in [-0.4, -0.2) is 4.57 Å². The highest BCUT2D eigenvalue weighted by Crippen LogP contribution is 2.18. The summed E-state index contributed by atoms with van der Waals surface area (Å²) in [6, 6.07) is 4.57. The zero-order chi connectivity index (χ0) is 7.68. The van der Waals surface area contributed by atoms with Crippen molar-refractivity contribution in [2.24, 2.45) is 0 Å². The van der Waals surface area contributed by atoms with Crippen LogP contribution in [0.2, 0.25) is 0 Å². The predicted molar refractivity (Wildman–Crippen MR) is 46.7 cm³/mol. The number of aromatic nitrogens is 1. The van der Waals surface area contributed by atoms with Gasteiger partial charge in [-0.05, 0) is 37.8 Å². The van der Waals surface area contributed by atoms with Crippen molar-refractivity contribution in [1.82, 2.24) is 4.57 Å². The molecule has 0 N–H and O–H groups in total. The molecule has 1 aromatic rings. The van der Waals surface area contributed by atoms with Crippen molar-refractivity contribution in [2.45, 2.75) is 39.2 Å². The van der Waals surface area contributed by atoms with E-state index in [9.17, 15) is 0 Å². The summed E-state index contributed by atoms with van der Waals surface area (Å²) < 4.78 is 2.49. The van der Waals surface area contributed by atoms with Crippen LogP contribution < -0.4 is 0 Å². The van der Waals surface area contributed by atoms with Gasteiger partial charge in [-0.2, -0.15) is 0 Å². The van der Waals surface area contributed by atoms with E-state index in [-0.39, 0.29) is 0 Å². The van der Waals surface area contributed by atoms with Crippen LogP contribution in [0.4, 0.5) is 0 Å². The zero-order valence-electron chi connectivity index (χ0n) is 7.14. The predicted octanol–water partition coefficient (Wildman–Crippen LogP) is 2.39. The molecule has 0 bridgehead atoms. The number of rotatable bonds is 1. The first-order valence-corrected chi connectivity index (χ1v) is 4.59. The van der Waals surface area contributed by atoms with Gasteiger partial charge >= 0.3 is 0 Å². The van der Waals surface area contributed by atoms with E-state index >= 15 is 0 Å².